The van der Waals surface area contributed by atoms with Crippen LogP contribution in [0, 0.1) is 0 Å². The number of nitrogens with one attached hydrogen (secondary N) is 1. The maximum atomic E-state index is 11.6. The first-order chi connectivity index (χ1) is 11.6. The van der Waals surface area contributed by atoms with Gasteiger partial charge in [0.15, 0.2) is 0 Å². The summed E-state index contributed by atoms with van der Waals surface area (Å²) >= 11 is 0. The minimum absolute atomic E-state index is 0.103. The molecule has 1 aromatic rings. The van der Waals surface area contributed by atoms with Crippen molar-refractivity contribution in [3.63, 3.8) is 0 Å². The van der Waals surface area contributed by atoms with Crippen LogP contribution in [0.25, 0.3) is 0 Å². The molecule has 0 unspecified atom stereocenters. The second-order valence-electron chi connectivity index (χ2n) is 6.94. The van der Waals surface area contributed by atoms with E-state index in [0.29, 0.717) is 24.7 Å². The Bertz CT molecular complexity index is 547. The van der Waals surface area contributed by atoms with E-state index in [0.717, 1.165) is 51.0 Å². The predicted molar refractivity (Wildman–Crippen MR) is 91.0 cm³/mol. The lowest BCUT2D eigenvalue weighted by Crippen LogP contribution is -2.48. The van der Waals surface area contributed by atoms with Crippen LogP contribution >= 0.6 is 0 Å². The molecule has 2 aliphatic rings. The van der Waals surface area contributed by atoms with Gasteiger partial charge in [0.05, 0.1) is 11.2 Å². The number of ether oxygens (including phenoxy) is 1. The molecule has 0 radical (unpaired) electrons. The van der Waals surface area contributed by atoms with Crippen molar-refractivity contribution in [3.8, 4) is 0 Å². The molecular weight excluding hydrogens is 306 g/mol. The Labute approximate surface area is 143 Å². The summed E-state index contributed by atoms with van der Waals surface area (Å²) in [6.07, 6.45) is 5.20. The first-order valence-electron chi connectivity index (χ1n) is 8.80. The molecule has 2 fully saturated rings. The topological polar surface area (TPSA) is 74.7 Å². The van der Waals surface area contributed by atoms with Gasteiger partial charge in [-0.25, -0.2) is 0 Å². The number of aliphatic hydroxyl groups is 1. The molecule has 6 nitrogen and oxygen atoms in total. The Balaban J connectivity index is 1.52. The fourth-order valence-electron chi connectivity index (χ4n) is 3.64. The third kappa shape index (κ3) is 4.12. The van der Waals surface area contributed by atoms with E-state index in [9.17, 15) is 9.90 Å². The Morgan fingerprint density at radius 1 is 1.38 bits per heavy atom. The third-order valence-electron chi connectivity index (χ3n) is 5.22. The Kier molecular flexibility index (Phi) is 5.48. The molecule has 0 spiro atoms. The number of hydrogen-bond acceptors (Lipinski definition) is 5. The average Bonchev–Trinajstić information content (AvgIpc) is 2.62. The fraction of sp³-hybridized carbons (Fsp3) is 0.667. The van der Waals surface area contributed by atoms with Crippen molar-refractivity contribution in [2.45, 2.75) is 37.2 Å². The van der Waals surface area contributed by atoms with E-state index in [-0.39, 0.29) is 5.91 Å². The van der Waals surface area contributed by atoms with E-state index in [4.69, 9.17) is 4.74 Å². The number of nitrogens with zero attached hydrogens (tertiary/aromatic N) is 2. The number of likely N-dealkylation sites (tertiary alicyclic amines) is 1. The highest BCUT2D eigenvalue weighted by molar-refractivity contribution is 5.93. The molecule has 1 aromatic heterocycles. The molecule has 2 N–H and O–H groups in total. The SMILES string of the molecule is CNC(=O)c1ccc(C2CCN(CC3(O)CCOCC3)CC2)nc1. The number of carbonyl (C=O) groups excluding carboxylic acids is 1. The lowest BCUT2D eigenvalue weighted by atomic mass is 9.89. The van der Waals surface area contributed by atoms with Gasteiger partial charge in [0.2, 0.25) is 0 Å². The number of hydrogen-bond donors (Lipinski definition) is 2. The minimum Gasteiger partial charge on any atom is -0.388 e. The molecule has 0 saturated carbocycles. The summed E-state index contributed by atoms with van der Waals surface area (Å²) in [6.45, 7) is 4.02. The van der Waals surface area contributed by atoms with Crippen molar-refractivity contribution in [1.82, 2.24) is 15.2 Å². The number of piperidine rings is 1. The largest absolute Gasteiger partial charge is 0.388 e. The molecular formula is C18H27N3O3. The number of aromatic nitrogens is 1. The maximum Gasteiger partial charge on any atom is 0.252 e. The number of amides is 1. The molecule has 0 bridgehead atoms. The van der Waals surface area contributed by atoms with Crippen molar-refractivity contribution in [2.24, 2.45) is 0 Å². The van der Waals surface area contributed by atoms with Gasteiger partial charge < -0.3 is 20.1 Å². The molecule has 132 valence electrons. The van der Waals surface area contributed by atoms with Crippen LogP contribution < -0.4 is 5.32 Å². The van der Waals surface area contributed by atoms with Crippen LogP contribution in [0.15, 0.2) is 18.3 Å². The Hall–Kier alpha value is -1.50. The lowest BCUT2D eigenvalue weighted by Gasteiger charge is -2.39. The highest BCUT2D eigenvalue weighted by atomic mass is 16.5. The molecule has 3 rings (SSSR count). The third-order valence-corrected chi connectivity index (χ3v) is 5.22. The highest BCUT2D eigenvalue weighted by Gasteiger charge is 2.33. The number of rotatable bonds is 4. The van der Waals surface area contributed by atoms with Gasteiger partial charge in [-0.3, -0.25) is 9.78 Å². The van der Waals surface area contributed by atoms with Gasteiger partial charge in [-0.15, -0.1) is 0 Å². The van der Waals surface area contributed by atoms with Gasteiger partial charge in [0, 0.05) is 57.5 Å². The van der Waals surface area contributed by atoms with Crippen LogP contribution in [-0.2, 0) is 4.74 Å². The molecule has 0 aromatic carbocycles. The normalized spacial score (nSPS) is 22.2. The van der Waals surface area contributed by atoms with Crippen LogP contribution in [0.2, 0.25) is 0 Å². The summed E-state index contributed by atoms with van der Waals surface area (Å²) in [5, 5.41) is 13.3. The molecule has 2 aliphatic heterocycles. The molecule has 3 heterocycles. The predicted octanol–water partition coefficient (Wildman–Crippen LogP) is 1.16. The zero-order valence-corrected chi connectivity index (χ0v) is 14.3. The van der Waals surface area contributed by atoms with Gasteiger partial charge in [-0.1, -0.05) is 0 Å². The monoisotopic (exact) mass is 333 g/mol. The number of pyridine rings is 1. The Morgan fingerprint density at radius 2 is 2.08 bits per heavy atom. The van der Waals surface area contributed by atoms with E-state index in [1.54, 1.807) is 13.2 Å². The first-order valence-corrected chi connectivity index (χ1v) is 8.80. The maximum absolute atomic E-state index is 11.6. The second-order valence-corrected chi connectivity index (χ2v) is 6.94. The quantitative estimate of drug-likeness (QED) is 0.865. The number of carbonyl (C=O) groups is 1. The minimum atomic E-state index is -0.585. The van der Waals surface area contributed by atoms with Crippen LogP contribution in [0.4, 0.5) is 0 Å². The smallest absolute Gasteiger partial charge is 0.252 e. The summed E-state index contributed by atoms with van der Waals surface area (Å²) in [4.78, 5) is 18.4. The zero-order valence-electron chi connectivity index (χ0n) is 14.3. The van der Waals surface area contributed by atoms with E-state index in [1.165, 1.54) is 0 Å². The summed E-state index contributed by atoms with van der Waals surface area (Å²) in [5.74, 6) is 0.331. The van der Waals surface area contributed by atoms with Crippen molar-refractivity contribution in [1.29, 1.82) is 0 Å². The van der Waals surface area contributed by atoms with Gasteiger partial charge >= 0.3 is 0 Å². The lowest BCUT2D eigenvalue weighted by molar-refractivity contribution is -0.0821. The molecule has 24 heavy (non-hydrogen) atoms. The van der Waals surface area contributed by atoms with Crippen LogP contribution in [0.3, 0.4) is 0 Å². The van der Waals surface area contributed by atoms with E-state index >= 15 is 0 Å². The molecule has 1 amide bonds. The van der Waals surface area contributed by atoms with Gasteiger partial charge in [0.1, 0.15) is 0 Å². The average molecular weight is 333 g/mol. The summed E-state index contributed by atoms with van der Waals surface area (Å²) in [6, 6.07) is 3.81. The number of β-amino-alcohol motifs (C(OH)–C–C–N with tert-alkyl or cyclic N) is 1. The van der Waals surface area contributed by atoms with Gasteiger partial charge in [-0.2, -0.15) is 0 Å². The van der Waals surface area contributed by atoms with Crippen molar-refractivity contribution >= 4 is 5.91 Å². The summed E-state index contributed by atoms with van der Waals surface area (Å²) < 4.78 is 5.35. The standard InChI is InChI=1S/C18H27N3O3/c1-19-17(22)15-2-3-16(20-12-15)14-4-8-21(9-5-14)13-18(23)6-10-24-11-7-18/h2-3,12,14,23H,4-11,13H2,1H3,(H,19,22). The van der Waals surface area contributed by atoms with E-state index in [2.05, 4.69) is 15.2 Å². The first kappa shape index (κ1) is 17.3. The fourth-order valence-corrected chi connectivity index (χ4v) is 3.64. The molecule has 2 saturated heterocycles. The van der Waals surface area contributed by atoms with Crippen LogP contribution in [-0.4, -0.2) is 66.4 Å². The van der Waals surface area contributed by atoms with Crippen molar-refractivity contribution in [2.75, 3.05) is 39.9 Å². The molecule has 0 aliphatic carbocycles. The van der Waals surface area contributed by atoms with Crippen molar-refractivity contribution in [3.05, 3.63) is 29.6 Å². The highest BCUT2D eigenvalue weighted by Crippen LogP contribution is 2.29. The summed E-state index contributed by atoms with van der Waals surface area (Å²) in [5.41, 5.74) is 1.07. The van der Waals surface area contributed by atoms with E-state index in [1.807, 2.05) is 12.1 Å². The van der Waals surface area contributed by atoms with Crippen molar-refractivity contribution < 1.29 is 14.6 Å². The van der Waals surface area contributed by atoms with E-state index < -0.39 is 5.60 Å². The Morgan fingerprint density at radius 3 is 2.67 bits per heavy atom. The second kappa shape index (κ2) is 7.59. The van der Waals surface area contributed by atoms with Gasteiger partial charge in [0.25, 0.3) is 5.91 Å². The van der Waals surface area contributed by atoms with Crippen LogP contribution in [0.1, 0.15) is 47.7 Å². The molecule has 6 heteroatoms. The summed E-state index contributed by atoms with van der Waals surface area (Å²) in [7, 11) is 1.62. The van der Waals surface area contributed by atoms with Gasteiger partial charge in [-0.05, 0) is 38.1 Å². The van der Waals surface area contributed by atoms with Crippen LogP contribution in [0.5, 0.6) is 0 Å². The molecule has 0 atom stereocenters. The zero-order chi connectivity index (χ0) is 17.0.